The van der Waals surface area contributed by atoms with Gasteiger partial charge in [-0.05, 0) is 26.3 Å². The van der Waals surface area contributed by atoms with E-state index in [0.29, 0.717) is 5.69 Å². The van der Waals surface area contributed by atoms with Crippen LogP contribution >= 0.6 is 0 Å². The van der Waals surface area contributed by atoms with Gasteiger partial charge in [0.1, 0.15) is 18.0 Å². The molecule has 0 aromatic carbocycles. The maximum absolute atomic E-state index is 11.7. The minimum Gasteiger partial charge on any atom is -0.443 e. The summed E-state index contributed by atoms with van der Waals surface area (Å²) < 4.78 is 6.26. The van der Waals surface area contributed by atoms with Crippen LogP contribution in [0.2, 0.25) is 0 Å². The van der Waals surface area contributed by atoms with Crippen molar-refractivity contribution in [3.8, 4) is 0 Å². The van der Waals surface area contributed by atoms with Crippen molar-refractivity contribution in [2.24, 2.45) is 5.11 Å². The first-order chi connectivity index (χ1) is 8.37. The summed E-state index contributed by atoms with van der Waals surface area (Å²) in [6.45, 7) is 4.87. The van der Waals surface area contributed by atoms with Crippen LogP contribution in [0.1, 0.15) is 32.5 Å². The van der Waals surface area contributed by atoms with Crippen LogP contribution in [0.4, 0.5) is 4.79 Å². The van der Waals surface area contributed by atoms with Gasteiger partial charge in [-0.1, -0.05) is 5.11 Å². The predicted octanol–water partition coefficient (Wildman–Crippen LogP) is 2.01. The molecular formula is C10H15N5O3. The fourth-order valence-corrected chi connectivity index (χ4v) is 1.18. The van der Waals surface area contributed by atoms with Gasteiger partial charge in [-0.2, -0.15) is 0 Å². The molecule has 1 N–H and O–H groups in total. The smallest absolute Gasteiger partial charge is 0.419 e. The van der Waals surface area contributed by atoms with Crippen LogP contribution in [0.25, 0.3) is 10.4 Å². The van der Waals surface area contributed by atoms with Gasteiger partial charge in [0.25, 0.3) is 0 Å². The van der Waals surface area contributed by atoms with Crippen LogP contribution in [0.15, 0.2) is 17.6 Å². The Balaban J connectivity index is 2.86. The molecule has 0 radical (unpaired) electrons. The molecule has 0 saturated carbocycles. The standard InChI is InChI=1S/C10H15N5O3/c1-10(2,3)18-9(17)15-4-7(12-6-15)8(5-16)13-14-11/h4,6,8,16H,5H2,1-3H3. The largest absolute Gasteiger partial charge is 0.443 e. The molecular weight excluding hydrogens is 238 g/mol. The maximum atomic E-state index is 11.7. The van der Waals surface area contributed by atoms with Crippen molar-refractivity contribution in [2.75, 3.05) is 6.61 Å². The molecule has 0 saturated heterocycles. The Labute approximate surface area is 104 Å². The monoisotopic (exact) mass is 253 g/mol. The molecule has 1 rings (SSSR count). The highest BCUT2D eigenvalue weighted by molar-refractivity contribution is 5.70. The number of imidazole rings is 1. The molecule has 0 aliphatic heterocycles. The van der Waals surface area contributed by atoms with Gasteiger partial charge in [0.2, 0.25) is 0 Å². The van der Waals surface area contributed by atoms with Crippen LogP contribution in [0.3, 0.4) is 0 Å². The van der Waals surface area contributed by atoms with Gasteiger partial charge in [0.15, 0.2) is 0 Å². The summed E-state index contributed by atoms with van der Waals surface area (Å²) >= 11 is 0. The van der Waals surface area contributed by atoms with Gasteiger partial charge in [-0.15, -0.1) is 0 Å². The molecule has 0 fully saturated rings. The topological polar surface area (TPSA) is 113 Å². The minimum absolute atomic E-state index is 0.307. The second kappa shape index (κ2) is 5.52. The van der Waals surface area contributed by atoms with Gasteiger partial charge < -0.3 is 9.84 Å². The zero-order chi connectivity index (χ0) is 13.8. The van der Waals surface area contributed by atoms with Crippen molar-refractivity contribution in [1.29, 1.82) is 0 Å². The van der Waals surface area contributed by atoms with E-state index in [1.165, 1.54) is 12.5 Å². The van der Waals surface area contributed by atoms with E-state index in [2.05, 4.69) is 15.0 Å². The highest BCUT2D eigenvalue weighted by Gasteiger charge is 2.19. The lowest BCUT2D eigenvalue weighted by molar-refractivity contribution is 0.0536. The number of aliphatic hydroxyl groups excluding tert-OH is 1. The molecule has 1 aromatic rings. The van der Waals surface area contributed by atoms with Gasteiger partial charge in [0.05, 0.1) is 12.3 Å². The fourth-order valence-electron chi connectivity index (χ4n) is 1.18. The Morgan fingerprint density at radius 3 is 2.89 bits per heavy atom. The molecule has 0 amide bonds. The predicted molar refractivity (Wildman–Crippen MR) is 62.8 cm³/mol. The lowest BCUT2D eigenvalue weighted by Gasteiger charge is -2.19. The van der Waals surface area contributed by atoms with Crippen molar-refractivity contribution >= 4 is 6.09 Å². The maximum Gasteiger partial charge on any atom is 0.419 e. The molecule has 1 unspecified atom stereocenters. The third-order valence-electron chi connectivity index (χ3n) is 1.91. The van der Waals surface area contributed by atoms with E-state index < -0.39 is 17.7 Å². The normalized spacial score (nSPS) is 12.7. The third kappa shape index (κ3) is 3.76. The second-order valence-corrected chi connectivity index (χ2v) is 4.59. The van der Waals surface area contributed by atoms with Crippen LogP contribution in [-0.4, -0.2) is 33.0 Å². The SMILES string of the molecule is CC(C)(C)OC(=O)n1cnc(C(CO)N=[N+]=[N-])c1. The number of aliphatic hydroxyl groups is 1. The molecule has 1 atom stereocenters. The molecule has 0 aliphatic rings. The van der Waals surface area contributed by atoms with Crippen LogP contribution in [-0.2, 0) is 4.74 Å². The third-order valence-corrected chi connectivity index (χ3v) is 1.91. The number of aromatic nitrogens is 2. The van der Waals surface area contributed by atoms with Crippen molar-refractivity contribution in [3.63, 3.8) is 0 Å². The molecule has 1 heterocycles. The molecule has 98 valence electrons. The van der Waals surface area contributed by atoms with E-state index in [4.69, 9.17) is 15.4 Å². The van der Waals surface area contributed by atoms with Crippen molar-refractivity contribution in [1.82, 2.24) is 9.55 Å². The number of rotatable bonds is 3. The van der Waals surface area contributed by atoms with E-state index in [1.807, 2.05) is 0 Å². The summed E-state index contributed by atoms with van der Waals surface area (Å²) in [6.07, 6.45) is 2.03. The van der Waals surface area contributed by atoms with Gasteiger partial charge >= 0.3 is 6.09 Å². The number of hydrogen-bond acceptors (Lipinski definition) is 5. The summed E-state index contributed by atoms with van der Waals surface area (Å²) in [6, 6.07) is -0.807. The Morgan fingerprint density at radius 1 is 1.72 bits per heavy atom. The molecule has 0 bridgehead atoms. The Kier molecular flexibility index (Phi) is 4.30. The van der Waals surface area contributed by atoms with Crippen molar-refractivity contribution < 1.29 is 14.6 Å². The van der Waals surface area contributed by atoms with Gasteiger partial charge in [0, 0.05) is 11.1 Å². The average Bonchev–Trinajstić information content (AvgIpc) is 2.72. The number of ether oxygens (including phenoxy) is 1. The first-order valence-electron chi connectivity index (χ1n) is 5.29. The minimum atomic E-state index is -0.807. The molecule has 18 heavy (non-hydrogen) atoms. The van der Waals surface area contributed by atoms with Crippen molar-refractivity contribution in [2.45, 2.75) is 32.4 Å². The zero-order valence-electron chi connectivity index (χ0n) is 10.4. The highest BCUT2D eigenvalue weighted by atomic mass is 16.6. The van der Waals surface area contributed by atoms with Gasteiger partial charge in [-0.3, -0.25) is 0 Å². The molecule has 8 heteroatoms. The van der Waals surface area contributed by atoms with Crippen LogP contribution < -0.4 is 0 Å². The average molecular weight is 253 g/mol. The first kappa shape index (κ1) is 14.0. The zero-order valence-corrected chi connectivity index (χ0v) is 10.4. The van der Waals surface area contributed by atoms with E-state index in [-0.39, 0.29) is 6.61 Å². The fraction of sp³-hybridized carbons (Fsp3) is 0.600. The van der Waals surface area contributed by atoms with E-state index in [0.717, 1.165) is 4.57 Å². The number of nitrogens with zero attached hydrogens (tertiary/aromatic N) is 5. The quantitative estimate of drug-likeness (QED) is 0.504. The van der Waals surface area contributed by atoms with E-state index >= 15 is 0 Å². The molecule has 0 spiro atoms. The van der Waals surface area contributed by atoms with Crippen molar-refractivity contribution in [3.05, 3.63) is 28.7 Å². The van der Waals surface area contributed by atoms with Gasteiger partial charge in [-0.25, -0.2) is 14.3 Å². The Morgan fingerprint density at radius 2 is 2.39 bits per heavy atom. The summed E-state index contributed by atoms with van der Waals surface area (Å²) in [4.78, 5) is 18.2. The van der Waals surface area contributed by atoms with E-state index in [9.17, 15) is 4.79 Å². The Hall–Kier alpha value is -2.05. The lowest BCUT2D eigenvalue weighted by atomic mass is 10.2. The van der Waals surface area contributed by atoms with E-state index in [1.54, 1.807) is 20.8 Å². The Bertz CT molecular complexity index is 470. The number of carbonyl (C=O) groups is 1. The molecule has 1 aromatic heterocycles. The first-order valence-corrected chi connectivity index (χ1v) is 5.29. The molecule has 0 aliphatic carbocycles. The van der Waals surface area contributed by atoms with Crippen LogP contribution in [0, 0.1) is 0 Å². The number of carbonyl (C=O) groups excluding carboxylic acids is 1. The summed E-state index contributed by atoms with van der Waals surface area (Å²) in [7, 11) is 0. The number of hydrogen-bond donors (Lipinski definition) is 1. The summed E-state index contributed by atoms with van der Waals surface area (Å²) in [5, 5.41) is 12.4. The highest BCUT2D eigenvalue weighted by Crippen LogP contribution is 2.15. The molecule has 8 nitrogen and oxygen atoms in total. The number of azide groups is 1. The summed E-state index contributed by atoms with van der Waals surface area (Å²) in [5.41, 5.74) is 8.02. The summed E-state index contributed by atoms with van der Waals surface area (Å²) in [5.74, 6) is 0. The second-order valence-electron chi connectivity index (χ2n) is 4.59. The van der Waals surface area contributed by atoms with Crippen LogP contribution in [0.5, 0.6) is 0 Å². The lowest BCUT2D eigenvalue weighted by Crippen LogP contribution is -2.26.